The number of aryl methyl sites for hydroxylation is 1. The van der Waals surface area contributed by atoms with E-state index in [1.54, 1.807) is 6.07 Å². The van der Waals surface area contributed by atoms with E-state index in [1.165, 1.54) is 11.1 Å². The molecule has 2 aromatic carbocycles. The SMILES string of the molecule is CCc1ccc([C@@H]2Nc3c(F)cccc3[C@H]3C=CC[C@@H]32)cc1. The van der Waals surface area contributed by atoms with Crippen molar-refractivity contribution >= 4 is 5.69 Å². The Kier molecular flexibility index (Phi) is 3.25. The molecule has 4 rings (SSSR count). The van der Waals surface area contributed by atoms with E-state index in [1.807, 2.05) is 6.07 Å². The molecule has 0 radical (unpaired) electrons. The van der Waals surface area contributed by atoms with Crippen LogP contribution >= 0.6 is 0 Å². The molecule has 0 spiro atoms. The fourth-order valence-electron chi connectivity index (χ4n) is 3.87. The minimum Gasteiger partial charge on any atom is -0.375 e. The van der Waals surface area contributed by atoms with Crippen LogP contribution in [0.5, 0.6) is 0 Å². The lowest BCUT2D eigenvalue weighted by atomic mass is 9.77. The van der Waals surface area contributed by atoms with Gasteiger partial charge in [0.15, 0.2) is 0 Å². The summed E-state index contributed by atoms with van der Waals surface area (Å²) in [7, 11) is 0. The van der Waals surface area contributed by atoms with Crippen LogP contribution in [0.15, 0.2) is 54.6 Å². The number of fused-ring (bicyclic) bond motifs is 3. The van der Waals surface area contributed by atoms with Gasteiger partial charge in [-0.3, -0.25) is 0 Å². The third-order valence-electron chi connectivity index (χ3n) is 5.09. The van der Waals surface area contributed by atoms with Crippen LogP contribution in [0.4, 0.5) is 10.1 Å². The van der Waals surface area contributed by atoms with Gasteiger partial charge in [-0.15, -0.1) is 0 Å². The van der Waals surface area contributed by atoms with Gasteiger partial charge in [-0.1, -0.05) is 55.5 Å². The number of anilines is 1. The third-order valence-corrected chi connectivity index (χ3v) is 5.09. The van der Waals surface area contributed by atoms with Crippen LogP contribution in [0.25, 0.3) is 0 Å². The summed E-state index contributed by atoms with van der Waals surface area (Å²) >= 11 is 0. The van der Waals surface area contributed by atoms with E-state index in [4.69, 9.17) is 0 Å². The largest absolute Gasteiger partial charge is 0.375 e. The zero-order chi connectivity index (χ0) is 15.1. The van der Waals surface area contributed by atoms with Crippen molar-refractivity contribution in [1.29, 1.82) is 0 Å². The van der Waals surface area contributed by atoms with Gasteiger partial charge in [-0.25, -0.2) is 4.39 Å². The van der Waals surface area contributed by atoms with Gasteiger partial charge in [0, 0.05) is 5.92 Å². The van der Waals surface area contributed by atoms with E-state index in [-0.39, 0.29) is 11.9 Å². The molecule has 1 N–H and O–H groups in total. The standard InChI is InChI=1S/C20H20FN/c1-2-13-9-11-14(12-10-13)19-16-6-3-5-15(16)17-7-4-8-18(21)20(17)22-19/h3-5,7-12,15-16,19,22H,2,6H2,1H3/t15-,16-,19-/m0/s1. The number of benzene rings is 2. The maximum atomic E-state index is 14.2. The van der Waals surface area contributed by atoms with Gasteiger partial charge < -0.3 is 5.32 Å². The highest BCUT2D eigenvalue weighted by Crippen LogP contribution is 2.50. The third kappa shape index (κ3) is 2.06. The zero-order valence-corrected chi connectivity index (χ0v) is 12.7. The molecule has 22 heavy (non-hydrogen) atoms. The summed E-state index contributed by atoms with van der Waals surface area (Å²) in [6.07, 6.45) is 6.58. The number of allylic oxidation sites excluding steroid dienone is 2. The summed E-state index contributed by atoms with van der Waals surface area (Å²) in [6.45, 7) is 2.16. The van der Waals surface area contributed by atoms with Gasteiger partial charge in [0.2, 0.25) is 0 Å². The molecule has 0 amide bonds. The maximum Gasteiger partial charge on any atom is 0.146 e. The minimum atomic E-state index is -0.147. The van der Waals surface area contributed by atoms with Crippen molar-refractivity contribution < 1.29 is 4.39 Å². The molecule has 0 saturated heterocycles. The number of nitrogens with one attached hydrogen (secondary N) is 1. The summed E-state index contributed by atoms with van der Waals surface area (Å²) < 4.78 is 14.2. The van der Waals surface area contributed by atoms with Gasteiger partial charge >= 0.3 is 0 Å². The first-order valence-electron chi connectivity index (χ1n) is 8.08. The second kappa shape index (κ2) is 5.28. The van der Waals surface area contributed by atoms with Crippen molar-refractivity contribution in [2.75, 3.05) is 5.32 Å². The van der Waals surface area contributed by atoms with Crippen molar-refractivity contribution in [3.05, 3.63) is 77.1 Å². The van der Waals surface area contributed by atoms with E-state index in [0.29, 0.717) is 17.5 Å². The lowest BCUT2D eigenvalue weighted by Crippen LogP contribution is -2.29. The van der Waals surface area contributed by atoms with Crippen molar-refractivity contribution in [2.45, 2.75) is 31.7 Å². The molecule has 1 heterocycles. The minimum absolute atomic E-state index is 0.147. The Hall–Kier alpha value is -2.09. The first kappa shape index (κ1) is 13.6. The van der Waals surface area contributed by atoms with E-state index in [0.717, 1.165) is 18.4 Å². The Balaban J connectivity index is 1.76. The van der Waals surface area contributed by atoms with E-state index < -0.39 is 0 Å². The summed E-state index contributed by atoms with van der Waals surface area (Å²) in [6, 6.07) is 14.3. The van der Waals surface area contributed by atoms with Crippen LogP contribution in [0.2, 0.25) is 0 Å². The Morgan fingerprint density at radius 1 is 1.14 bits per heavy atom. The van der Waals surface area contributed by atoms with Crippen molar-refractivity contribution in [3.63, 3.8) is 0 Å². The number of hydrogen-bond donors (Lipinski definition) is 1. The van der Waals surface area contributed by atoms with Gasteiger partial charge in [0.25, 0.3) is 0 Å². The van der Waals surface area contributed by atoms with Crippen LogP contribution in [0.3, 0.4) is 0 Å². The predicted octanol–water partition coefficient (Wildman–Crippen LogP) is 5.21. The first-order valence-corrected chi connectivity index (χ1v) is 8.08. The summed E-state index contributed by atoms with van der Waals surface area (Å²) in [5.41, 5.74) is 4.37. The zero-order valence-electron chi connectivity index (χ0n) is 12.7. The number of halogens is 1. The average molecular weight is 293 g/mol. The van der Waals surface area contributed by atoms with E-state index >= 15 is 0 Å². The maximum absolute atomic E-state index is 14.2. The number of para-hydroxylation sites is 1. The normalized spacial score (nSPS) is 25.5. The van der Waals surface area contributed by atoms with Gasteiger partial charge in [-0.2, -0.15) is 0 Å². The Morgan fingerprint density at radius 2 is 1.95 bits per heavy atom. The molecular formula is C20H20FN. The highest BCUT2D eigenvalue weighted by atomic mass is 19.1. The van der Waals surface area contributed by atoms with Crippen LogP contribution in [0.1, 0.15) is 42.0 Å². The second-order valence-electron chi connectivity index (χ2n) is 6.27. The Bertz CT molecular complexity index is 717. The van der Waals surface area contributed by atoms with Gasteiger partial charge in [0.05, 0.1) is 11.7 Å². The molecule has 0 fully saturated rings. The van der Waals surface area contributed by atoms with Crippen molar-refractivity contribution in [3.8, 4) is 0 Å². The molecule has 0 bridgehead atoms. The lowest BCUT2D eigenvalue weighted by molar-refractivity contribution is 0.421. The molecule has 1 aliphatic heterocycles. The summed E-state index contributed by atoms with van der Waals surface area (Å²) in [5, 5.41) is 3.48. The quantitative estimate of drug-likeness (QED) is 0.749. The molecule has 1 nitrogen and oxygen atoms in total. The monoisotopic (exact) mass is 293 g/mol. The second-order valence-corrected chi connectivity index (χ2v) is 6.27. The van der Waals surface area contributed by atoms with Crippen molar-refractivity contribution in [2.24, 2.45) is 5.92 Å². The highest BCUT2D eigenvalue weighted by Gasteiger charge is 2.38. The van der Waals surface area contributed by atoms with E-state index in [9.17, 15) is 4.39 Å². The lowest BCUT2D eigenvalue weighted by Gasteiger charge is -2.37. The molecule has 2 aliphatic rings. The smallest absolute Gasteiger partial charge is 0.146 e. The van der Waals surface area contributed by atoms with Crippen LogP contribution < -0.4 is 5.32 Å². The van der Waals surface area contributed by atoms with Crippen molar-refractivity contribution in [1.82, 2.24) is 0 Å². The molecule has 0 saturated carbocycles. The molecule has 2 heteroatoms. The molecule has 112 valence electrons. The molecule has 0 aromatic heterocycles. The fourth-order valence-corrected chi connectivity index (χ4v) is 3.87. The molecule has 2 aromatic rings. The van der Waals surface area contributed by atoms with Crippen LogP contribution in [-0.2, 0) is 6.42 Å². The topological polar surface area (TPSA) is 12.0 Å². The molecule has 1 aliphatic carbocycles. The predicted molar refractivity (Wildman–Crippen MR) is 88.6 cm³/mol. The van der Waals surface area contributed by atoms with E-state index in [2.05, 4.69) is 54.7 Å². The Morgan fingerprint density at radius 3 is 2.73 bits per heavy atom. The molecule has 3 atom stereocenters. The Labute approximate surface area is 130 Å². The number of rotatable bonds is 2. The van der Waals surface area contributed by atoms with Gasteiger partial charge in [0.1, 0.15) is 5.82 Å². The van der Waals surface area contributed by atoms with Gasteiger partial charge in [-0.05, 0) is 41.5 Å². The molecule has 0 unspecified atom stereocenters. The highest BCUT2D eigenvalue weighted by molar-refractivity contribution is 5.60. The molecular weight excluding hydrogens is 273 g/mol. The first-order chi connectivity index (χ1) is 10.8. The fraction of sp³-hybridized carbons (Fsp3) is 0.300. The summed E-state index contributed by atoms with van der Waals surface area (Å²) in [5.74, 6) is 0.649. The van der Waals surface area contributed by atoms with Crippen LogP contribution in [0, 0.1) is 11.7 Å². The average Bonchev–Trinajstić information content (AvgIpc) is 3.05. The van der Waals surface area contributed by atoms with Crippen LogP contribution in [-0.4, -0.2) is 0 Å². The summed E-state index contributed by atoms with van der Waals surface area (Å²) in [4.78, 5) is 0. The number of hydrogen-bond acceptors (Lipinski definition) is 1.